The van der Waals surface area contributed by atoms with Crippen molar-refractivity contribution in [1.29, 1.82) is 0 Å². The summed E-state index contributed by atoms with van der Waals surface area (Å²) in [5.41, 5.74) is 2.74. The van der Waals surface area contributed by atoms with E-state index in [0.717, 1.165) is 5.69 Å². The lowest BCUT2D eigenvalue weighted by Gasteiger charge is -2.05. The molecule has 2 heterocycles. The van der Waals surface area contributed by atoms with E-state index < -0.39 is 5.97 Å². The van der Waals surface area contributed by atoms with E-state index in [-0.39, 0.29) is 18.1 Å². The Morgan fingerprint density at radius 2 is 1.96 bits per heavy atom. The topological polar surface area (TPSA) is 103 Å². The van der Waals surface area contributed by atoms with Gasteiger partial charge in [0, 0.05) is 16.3 Å². The van der Waals surface area contributed by atoms with E-state index in [1.807, 2.05) is 0 Å². The van der Waals surface area contributed by atoms with Gasteiger partial charge in [-0.25, -0.2) is 4.79 Å². The zero-order valence-electron chi connectivity index (χ0n) is 15.5. The number of ketones is 1. The van der Waals surface area contributed by atoms with Crippen LogP contribution in [0.3, 0.4) is 0 Å². The maximum absolute atomic E-state index is 12.8. The number of benzene rings is 1. The third-order valence-corrected chi connectivity index (χ3v) is 5.21. The number of esters is 1. The van der Waals surface area contributed by atoms with Crippen LogP contribution in [0.15, 0.2) is 29.4 Å². The molecule has 3 aromatic rings. The molecule has 2 aromatic heterocycles. The Morgan fingerprint density at radius 1 is 1.25 bits per heavy atom. The summed E-state index contributed by atoms with van der Waals surface area (Å²) in [4.78, 5) is 27.7. The van der Waals surface area contributed by atoms with Gasteiger partial charge in [0.15, 0.2) is 5.78 Å². The average Bonchev–Trinajstić information content (AvgIpc) is 3.25. The van der Waals surface area contributed by atoms with Gasteiger partial charge in [0.2, 0.25) is 5.16 Å². The van der Waals surface area contributed by atoms with Crippen molar-refractivity contribution in [2.45, 2.75) is 25.9 Å². The SMILES string of the molecule is CCOC(=O)c1[nH]c(C)c(C(=O)CSc2nnnn2-c2ccc(Cl)cc2)c1C. The van der Waals surface area contributed by atoms with E-state index in [4.69, 9.17) is 16.3 Å². The third kappa shape index (κ3) is 4.10. The number of hydrogen-bond acceptors (Lipinski definition) is 7. The minimum Gasteiger partial charge on any atom is -0.461 e. The molecule has 0 saturated heterocycles. The first-order chi connectivity index (χ1) is 13.4. The first-order valence-electron chi connectivity index (χ1n) is 8.49. The smallest absolute Gasteiger partial charge is 0.355 e. The van der Waals surface area contributed by atoms with E-state index in [2.05, 4.69) is 20.5 Å². The van der Waals surface area contributed by atoms with E-state index in [1.54, 1.807) is 45.0 Å². The molecule has 0 radical (unpaired) electrons. The number of tetrazole rings is 1. The number of H-pyrrole nitrogens is 1. The van der Waals surface area contributed by atoms with Crippen LogP contribution in [0, 0.1) is 13.8 Å². The quantitative estimate of drug-likeness (QED) is 0.355. The number of ether oxygens (including phenoxy) is 1. The number of nitrogens with one attached hydrogen (secondary N) is 1. The van der Waals surface area contributed by atoms with Crippen LogP contribution in [0.4, 0.5) is 0 Å². The Kier molecular flexibility index (Phi) is 6.15. The van der Waals surface area contributed by atoms with Crippen molar-refractivity contribution >= 4 is 35.1 Å². The number of Topliss-reactive ketones (excluding diaryl/α,β-unsaturated/α-hetero) is 1. The Bertz CT molecular complexity index is 1010. The van der Waals surface area contributed by atoms with Crippen LogP contribution < -0.4 is 0 Å². The Balaban J connectivity index is 1.76. The molecule has 0 bridgehead atoms. The Morgan fingerprint density at radius 3 is 2.64 bits per heavy atom. The van der Waals surface area contributed by atoms with Gasteiger partial charge in [0.05, 0.1) is 18.0 Å². The van der Waals surface area contributed by atoms with Gasteiger partial charge < -0.3 is 9.72 Å². The van der Waals surface area contributed by atoms with Crippen LogP contribution in [0.2, 0.25) is 5.02 Å². The summed E-state index contributed by atoms with van der Waals surface area (Å²) in [6.07, 6.45) is 0. The monoisotopic (exact) mass is 419 g/mol. The van der Waals surface area contributed by atoms with Gasteiger partial charge in [-0.15, -0.1) is 5.10 Å². The third-order valence-electron chi connectivity index (χ3n) is 4.04. The van der Waals surface area contributed by atoms with Crippen molar-refractivity contribution in [3.8, 4) is 5.69 Å². The van der Waals surface area contributed by atoms with Crippen molar-refractivity contribution in [2.24, 2.45) is 0 Å². The van der Waals surface area contributed by atoms with Crippen LogP contribution in [0.5, 0.6) is 0 Å². The van der Waals surface area contributed by atoms with Crippen molar-refractivity contribution in [2.75, 3.05) is 12.4 Å². The molecule has 0 aliphatic rings. The van der Waals surface area contributed by atoms with Crippen LogP contribution in [0.1, 0.15) is 39.0 Å². The number of aromatic amines is 1. The second kappa shape index (κ2) is 8.57. The number of aryl methyl sites for hydroxylation is 1. The summed E-state index contributed by atoms with van der Waals surface area (Å²) < 4.78 is 6.56. The lowest BCUT2D eigenvalue weighted by Crippen LogP contribution is -2.09. The molecule has 0 amide bonds. The van der Waals surface area contributed by atoms with Gasteiger partial charge >= 0.3 is 5.97 Å². The molecule has 1 aromatic carbocycles. The molecule has 1 N–H and O–H groups in total. The second-order valence-corrected chi connectivity index (χ2v) is 7.29. The molecule has 0 aliphatic carbocycles. The fourth-order valence-electron chi connectivity index (χ4n) is 2.79. The Labute approximate surface area is 170 Å². The highest BCUT2D eigenvalue weighted by Gasteiger charge is 2.23. The molecule has 28 heavy (non-hydrogen) atoms. The van der Waals surface area contributed by atoms with Crippen LogP contribution >= 0.6 is 23.4 Å². The van der Waals surface area contributed by atoms with Gasteiger partial charge in [0.25, 0.3) is 0 Å². The van der Waals surface area contributed by atoms with Crippen LogP contribution in [-0.4, -0.2) is 49.3 Å². The van der Waals surface area contributed by atoms with Gasteiger partial charge in [-0.3, -0.25) is 4.79 Å². The predicted molar refractivity (Wildman–Crippen MR) is 105 cm³/mol. The van der Waals surface area contributed by atoms with Crippen molar-refractivity contribution in [3.63, 3.8) is 0 Å². The summed E-state index contributed by atoms with van der Waals surface area (Å²) in [5, 5.41) is 12.7. The highest BCUT2D eigenvalue weighted by atomic mass is 35.5. The minimum absolute atomic E-state index is 0.121. The number of thioether (sulfide) groups is 1. The molecule has 0 fully saturated rings. The average molecular weight is 420 g/mol. The summed E-state index contributed by atoms with van der Waals surface area (Å²) in [7, 11) is 0. The fraction of sp³-hybridized carbons (Fsp3) is 0.278. The minimum atomic E-state index is -0.471. The lowest BCUT2D eigenvalue weighted by atomic mass is 10.1. The molecule has 10 heteroatoms. The molecule has 0 atom stereocenters. The van der Waals surface area contributed by atoms with E-state index in [0.29, 0.717) is 32.7 Å². The second-order valence-electron chi connectivity index (χ2n) is 5.91. The molecule has 3 rings (SSSR count). The number of carbonyl (C=O) groups excluding carboxylic acids is 2. The summed E-state index contributed by atoms with van der Waals surface area (Å²) in [5.74, 6) is -0.477. The molecule has 0 saturated carbocycles. The standard InChI is InChI=1S/C18H18ClN5O3S/c1-4-27-17(26)16-10(2)15(11(3)20-16)14(25)9-28-18-21-22-23-24(18)13-7-5-12(19)6-8-13/h5-8,20H,4,9H2,1-3H3. The highest BCUT2D eigenvalue weighted by molar-refractivity contribution is 7.99. The summed E-state index contributed by atoms with van der Waals surface area (Å²) in [6, 6.07) is 7.05. The summed E-state index contributed by atoms with van der Waals surface area (Å²) >= 11 is 7.13. The number of halogens is 1. The summed E-state index contributed by atoms with van der Waals surface area (Å²) in [6.45, 7) is 5.48. The van der Waals surface area contributed by atoms with E-state index >= 15 is 0 Å². The number of nitrogens with zero attached hydrogens (tertiary/aromatic N) is 4. The maximum atomic E-state index is 12.8. The number of hydrogen-bond donors (Lipinski definition) is 1. The number of rotatable bonds is 7. The van der Waals surface area contributed by atoms with Gasteiger partial charge in [0.1, 0.15) is 5.69 Å². The first kappa shape index (κ1) is 20.1. The molecule has 8 nitrogen and oxygen atoms in total. The Hall–Kier alpha value is -2.65. The maximum Gasteiger partial charge on any atom is 0.355 e. The zero-order valence-corrected chi connectivity index (χ0v) is 17.1. The van der Waals surface area contributed by atoms with Crippen molar-refractivity contribution in [1.82, 2.24) is 25.2 Å². The molecule has 0 spiro atoms. The molecule has 0 unspecified atom stereocenters. The molecule has 0 aliphatic heterocycles. The molecule has 146 valence electrons. The lowest BCUT2D eigenvalue weighted by molar-refractivity contribution is 0.0519. The first-order valence-corrected chi connectivity index (χ1v) is 9.85. The van der Waals surface area contributed by atoms with Crippen LogP contribution in [0.25, 0.3) is 5.69 Å². The van der Waals surface area contributed by atoms with Crippen molar-refractivity contribution < 1.29 is 14.3 Å². The largest absolute Gasteiger partial charge is 0.461 e. The molecular weight excluding hydrogens is 402 g/mol. The zero-order chi connectivity index (χ0) is 20.3. The van der Waals surface area contributed by atoms with Crippen LogP contribution in [-0.2, 0) is 4.74 Å². The molecular formula is C18H18ClN5O3S. The predicted octanol–water partition coefficient (Wildman–Crippen LogP) is 3.41. The van der Waals surface area contributed by atoms with Crippen molar-refractivity contribution in [3.05, 3.63) is 51.8 Å². The number of aromatic nitrogens is 5. The van der Waals surface area contributed by atoms with Gasteiger partial charge in [-0.05, 0) is 61.0 Å². The fourth-order valence-corrected chi connectivity index (χ4v) is 3.68. The van der Waals surface area contributed by atoms with E-state index in [1.165, 1.54) is 16.4 Å². The number of carbonyl (C=O) groups is 2. The highest BCUT2D eigenvalue weighted by Crippen LogP contribution is 2.24. The van der Waals surface area contributed by atoms with Gasteiger partial charge in [-0.1, -0.05) is 23.4 Å². The van der Waals surface area contributed by atoms with E-state index in [9.17, 15) is 9.59 Å². The normalized spacial score (nSPS) is 10.9. The van der Waals surface area contributed by atoms with Gasteiger partial charge in [-0.2, -0.15) is 4.68 Å².